The molecule has 3 rings (SSSR count). The molecule has 1 aromatic heterocycles. The van der Waals surface area contributed by atoms with E-state index in [-0.39, 0.29) is 39.1 Å². The second-order valence-electron chi connectivity index (χ2n) is 6.29. The molecule has 0 spiro atoms. The molecular weight excluding hydrogens is 394 g/mol. The molecule has 0 radical (unpaired) electrons. The Kier molecular flexibility index (Phi) is 5.51. The molecule has 0 fully saturated rings. The van der Waals surface area contributed by atoms with Gasteiger partial charge >= 0.3 is 0 Å². The molecule has 1 heterocycles. The van der Waals surface area contributed by atoms with Gasteiger partial charge < -0.3 is 25.5 Å². The Labute approximate surface area is 168 Å². The van der Waals surface area contributed by atoms with Gasteiger partial charge in [-0.25, -0.2) is 8.42 Å². The summed E-state index contributed by atoms with van der Waals surface area (Å²) in [7, 11) is -1.69. The van der Waals surface area contributed by atoms with Gasteiger partial charge in [-0.1, -0.05) is 6.92 Å². The normalized spacial score (nSPS) is 11.2. The number of sulfone groups is 1. The monoisotopic (exact) mass is 415 g/mol. The molecule has 29 heavy (non-hydrogen) atoms. The lowest BCUT2D eigenvalue weighted by molar-refractivity contribution is 0.455. The summed E-state index contributed by atoms with van der Waals surface area (Å²) in [5.74, 6) is 1.01. The average molecular weight is 415 g/mol. The summed E-state index contributed by atoms with van der Waals surface area (Å²) >= 11 is 0. The van der Waals surface area contributed by atoms with Crippen LogP contribution in [0.25, 0.3) is 0 Å². The lowest BCUT2D eigenvalue weighted by Crippen LogP contribution is -2.16. The van der Waals surface area contributed by atoms with Crippen molar-refractivity contribution in [1.29, 1.82) is 0 Å². The SMILES string of the molecule is CCS(=O)(=O)c1ccc(Oc2cc(N)c(N)c(Oc3cccn(C)c3=O)c2)cc1. The van der Waals surface area contributed by atoms with Crippen molar-refractivity contribution in [1.82, 2.24) is 4.57 Å². The zero-order chi connectivity index (χ0) is 21.2. The number of aryl methyl sites for hydroxylation is 1. The van der Waals surface area contributed by atoms with E-state index >= 15 is 0 Å². The van der Waals surface area contributed by atoms with Crippen molar-refractivity contribution in [3.8, 4) is 23.0 Å². The van der Waals surface area contributed by atoms with E-state index < -0.39 is 9.84 Å². The number of hydrogen-bond acceptors (Lipinski definition) is 7. The predicted octanol–water partition coefficient (Wildman–Crippen LogP) is 2.93. The highest BCUT2D eigenvalue weighted by Gasteiger charge is 2.14. The molecule has 0 aliphatic rings. The minimum Gasteiger partial charge on any atom is -0.457 e. The van der Waals surface area contributed by atoms with Crippen LogP contribution in [0.4, 0.5) is 11.4 Å². The van der Waals surface area contributed by atoms with Gasteiger partial charge in [-0.15, -0.1) is 0 Å². The van der Waals surface area contributed by atoms with Gasteiger partial charge in [0.05, 0.1) is 22.0 Å². The molecular formula is C20H21N3O5S. The molecule has 0 amide bonds. The average Bonchev–Trinajstić information content (AvgIpc) is 2.69. The predicted molar refractivity (Wildman–Crippen MR) is 111 cm³/mol. The fourth-order valence-electron chi connectivity index (χ4n) is 2.55. The molecule has 4 N–H and O–H groups in total. The third-order valence-electron chi connectivity index (χ3n) is 4.25. The number of ether oxygens (including phenoxy) is 2. The highest BCUT2D eigenvalue weighted by atomic mass is 32.2. The van der Waals surface area contributed by atoms with E-state index in [9.17, 15) is 13.2 Å². The zero-order valence-corrected chi connectivity index (χ0v) is 16.8. The summed E-state index contributed by atoms with van der Waals surface area (Å²) in [6.07, 6.45) is 1.61. The van der Waals surface area contributed by atoms with Crippen molar-refractivity contribution in [2.75, 3.05) is 17.2 Å². The maximum atomic E-state index is 12.2. The Balaban J connectivity index is 1.89. The van der Waals surface area contributed by atoms with Crippen LogP contribution in [0.15, 0.2) is 64.4 Å². The van der Waals surface area contributed by atoms with Gasteiger partial charge in [0.2, 0.25) is 0 Å². The Bertz CT molecular complexity index is 1200. The molecule has 152 valence electrons. The van der Waals surface area contributed by atoms with E-state index in [4.69, 9.17) is 20.9 Å². The van der Waals surface area contributed by atoms with E-state index in [0.29, 0.717) is 11.5 Å². The number of aromatic nitrogens is 1. The third kappa shape index (κ3) is 4.35. The van der Waals surface area contributed by atoms with Crippen molar-refractivity contribution in [2.24, 2.45) is 7.05 Å². The highest BCUT2D eigenvalue weighted by molar-refractivity contribution is 7.91. The van der Waals surface area contributed by atoms with Gasteiger partial charge in [-0.2, -0.15) is 0 Å². The molecule has 0 aliphatic heterocycles. The number of nitrogen functional groups attached to an aromatic ring is 2. The number of nitrogens with two attached hydrogens (primary N) is 2. The molecule has 2 aromatic carbocycles. The van der Waals surface area contributed by atoms with Gasteiger partial charge in [-0.3, -0.25) is 4.79 Å². The van der Waals surface area contributed by atoms with E-state index in [1.54, 1.807) is 38.4 Å². The third-order valence-corrected chi connectivity index (χ3v) is 6.00. The first-order chi connectivity index (χ1) is 13.7. The quantitative estimate of drug-likeness (QED) is 0.593. The number of pyridine rings is 1. The first-order valence-corrected chi connectivity index (χ1v) is 10.4. The number of benzene rings is 2. The molecule has 0 saturated carbocycles. The molecule has 0 bridgehead atoms. The summed E-state index contributed by atoms with van der Waals surface area (Å²) in [6, 6.07) is 12.3. The lowest BCUT2D eigenvalue weighted by Gasteiger charge is -2.14. The van der Waals surface area contributed by atoms with Crippen LogP contribution in [-0.4, -0.2) is 18.7 Å². The van der Waals surface area contributed by atoms with Crippen LogP contribution in [0.3, 0.4) is 0 Å². The molecule has 0 aliphatic carbocycles. The van der Waals surface area contributed by atoms with Crippen LogP contribution in [-0.2, 0) is 16.9 Å². The molecule has 8 nitrogen and oxygen atoms in total. The van der Waals surface area contributed by atoms with Crippen molar-refractivity contribution in [3.05, 3.63) is 65.1 Å². The largest absolute Gasteiger partial charge is 0.457 e. The summed E-state index contributed by atoms with van der Waals surface area (Å²) in [5.41, 5.74) is 12.0. The van der Waals surface area contributed by atoms with Crippen molar-refractivity contribution >= 4 is 21.2 Å². The second-order valence-corrected chi connectivity index (χ2v) is 8.57. The molecule has 0 atom stereocenters. The van der Waals surface area contributed by atoms with Crippen molar-refractivity contribution in [2.45, 2.75) is 11.8 Å². The number of hydrogen-bond donors (Lipinski definition) is 2. The van der Waals surface area contributed by atoms with E-state index in [1.807, 2.05) is 0 Å². The number of nitrogens with zero attached hydrogens (tertiary/aromatic N) is 1. The first-order valence-electron chi connectivity index (χ1n) is 8.74. The van der Waals surface area contributed by atoms with Crippen molar-refractivity contribution in [3.63, 3.8) is 0 Å². The van der Waals surface area contributed by atoms with Crippen LogP contribution < -0.4 is 26.5 Å². The van der Waals surface area contributed by atoms with E-state index in [2.05, 4.69) is 0 Å². The van der Waals surface area contributed by atoms with E-state index in [1.165, 1.54) is 34.9 Å². The maximum absolute atomic E-state index is 12.2. The fourth-order valence-corrected chi connectivity index (χ4v) is 3.44. The standard InChI is InChI=1S/C20H21N3O5S/c1-3-29(25,26)15-8-6-13(7-9-15)27-14-11-16(21)19(22)18(12-14)28-17-5-4-10-23(2)20(17)24/h4-12H,3,21-22H2,1-2H3. The summed E-state index contributed by atoms with van der Waals surface area (Å²) in [4.78, 5) is 12.4. The van der Waals surface area contributed by atoms with Crippen LogP contribution in [0, 0.1) is 0 Å². The Morgan fingerprint density at radius 1 is 0.966 bits per heavy atom. The summed E-state index contributed by atoms with van der Waals surface area (Å²) in [5, 5.41) is 0. The van der Waals surface area contributed by atoms with E-state index in [0.717, 1.165) is 0 Å². The number of rotatable bonds is 6. The van der Waals surface area contributed by atoms with Crippen molar-refractivity contribution < 1.29 is 17.9 Å². The molecule has 0 saturated heterocycles. The zero-order valence-electron chi connectivity index (χ0n) is 16.0. The van der Waals surface area contributed by atoms with Gasteiger partial charge in [0.1, 0.15) is 11.5 Å². The molecule has 3 aromatic rings. The molecule has 0 unspecified atom stereocenters. The first kappa shape index (κ1) is 20.3. The van der Waals surface area contributed by atoms with Gasteiger partial charge in [0, 0.05) is 25.4 Å². The fraction of sp³-hybridized carbons (Fsp3) is 0.150. The molecule has 9 heteroatoms. The van der Waals surface area contributed by atoms with Crippen LogP contribution in [0.1, 0.15) is 6.92 Å². The number of anilines is 2. The van der Waals surface area contributed by atoms with Gasteiger partial charge in [0.15, 0.2) is 21.3 Å². The minimum absolute atomic E-state index is 0.0152. The smallest absolute Gasteiger partial charge is 0.293 e. The Hall–Kier alpha value is -3.46. The second kappa shape index (κ2) is 7.88. The summed E-state index contributed by atoms with van der Waals surface area (Å²) < 4.78 is 36.6. The summed E-state index contributed by atoms with van der Waals surface area (Å²) in [6.45, 7) is 1.58. The van der Waals surface area contributed by atoms with Crippen LogP contribution in [0.2, 0.25) is 0 Å². The minimum atomic E-state index is -3.29. The van der Waals surface area contributed by atoms with Crippen LogP contribution >= 0.6 is 0 Å². The van der Waals surface area contributed by atoms with Gasteiger partial charge in [-0.05, 0) is 36.4 Å². The Morgan fingerprint density at radius 3 is 2.31 bits per heavy atom. The topological polar surface area (TPSA) is 127 Å². The lowest BCUT2D eigenvalue weighted by atomic mass is 10.2. The maximum Gasteiger partial charge on any atom is 0.293 e. The Morgan fingerprint density at radius 2 is 1.66 bits per heavy atom. The van der Waals surface area contributed by atoms with Gasteiger partial charge in [0.25, 0.3) is 5.56 Å². The highest BCUT2D eigenvalue weighted by Crippen LogP contribution is 2.37. The van der Waals surface area contributed by atoms with Crippen LogP contribution in [0.5, 0.6) is 23.0 Å².